The number of primary amides is 1. The van der Waals surface area contributed by atoms with Crippen molar-refractivity contribution in [2.75, 3.05) is 6.61 Å². The van der Waals surface area contributed by atoms with E-state index in [0.717, 1.165) is 25.7 Å². The van der Waals surface area contributed by atoms with Crippen LogP contribution in [0.2, 0.25) is 0 Å². The van der Waals surface area contributed by atoms with E-state index >= 15 is 0 Å². The summed E-state index contributed by atoms with van der Waals surface area (Å²) in [6, 6.07) is 3.08. The number of nitrogens with two attached hydrogens (primary N) is 1. The Hall–Kier alpha value is -2.61. The number of hydrogen-bond donors (Lipinski definition) is 2. The maximum Gasteiger partial charge on any atom is 0.254 e. The normalized spacial score (nSPS) is 30.6. The summed E-state index contributed by atoms with van der Waals surface area (Å²) in [5.41, 5.74) is 5.60. The highest BCUT2D eigenvalue weighted by Gasteiger charge is 2.57. The molecule has 1 aromatic rings. The minimum absolute atomic E-state index is 0.0162. The Labute approximate surface area is 176 Å². The molecule has 0 bridgehead atoms. The van der Waals surface area contributed by atoms with Crippen LogP contribution in [0, 0.1) is 5.41 Å². The number of ether oxygens (including phenoxy) is 2. The summed E-state index contributed by atoms with van der Waals surface area (Å²) in [6.45, 7) is 10.3. The van der Waals surface area contributed by atoms with Crippen LogP contribution >= 0.6 is 0 Å². The van der Waals surface area contributed by atoms with E-state index in [1.165, 1.54) is 0 Å². The zero-order chi connectivity index (χ0) is 21.7. The van der Waals surface area contributed by atoms with Crippen LogP contribution in [0.25, 0.3) is 0 Å². The molecule has 1 unspecified atom stereocenters. The Balaban J connectivity index is 1.28. The predicted octanol–water partition coefficient (Wildman–Crippen LogP) is 1.96. The average molecular weight is 415 g/mol. The van der Waals surface area contributed by atoms with Gasteiger partial charge in [-0.25, -0.2) is 4.98 Å². The molecule has 3 fully saturated rings. The minimum atomic E-state index is -0.542. The van der Waals surface area contributed by atoms with E-state index in [1.54, 1.807) is 23.2 Å². The lowest BCUT2D eigenvalue weighted by atomic mass is 9.52. The molecule has 8 heteroatoms. The highest BCUT2D eigenvalue weighted by atomic mass is 16.5. The molecule has 3 N–H and O–H groups in total. The smallest absolute Gasteiger partial charge is 0.254 e. The number of aromatic nitrogens is 1. The SMILES string of the molecule is C=C1NC(COC(C)(C)C)C(=O)N1C1CC2(CC(Oc3ncccc3C(N)=O)C2)C1. The standard InChI is InChI=1S/C22H30N4O4/c1-13-25-17(12-29-21(2,3)4)20(28)26(13)14-8-22(9-14)10-15(11-22)30-19-16(18(23)27)6-5-7-24-19/h5-7,14-15,17,25H,1,8-12H2,2-4H3,(H2,23,27). The molecule has 3 aliphatic rings. The van der Waals surface area contributed by atoms with Crippen LogP contribution in [0.4, 0.5) is 0 Å². The fourth-order valence-electron chi connectivity index (χ4n) is 4.76. The van der Waals surface area contributed by atoms with Gasteiger partial charge in [-0.15, -0.1) is 0 Å². The summed E-state index contributed by atoms with van der Waals surface area (Å²) < 4.78 is 11.7. The first-order valence-electron chi connectivity index (χ1n) is 10.4. The summed E-state index contributed by atoms with van der Waals surface area (Å²) in [5, 5.41) is 3.18. The molecule has 2 aliphatic carbocycles. The zero-order valence-electron chi connectivity index (χ0n) is 17.8. The van der Waals surface area contributed by atoms with E-state index in [4.69, 9.17) is 15.2 Å². The minimum Gasteiger partial charge on any atom is -0.474 e. The van der Waals surface area contributed by atoms with Crippen LogP contribution < -0.4 is 15.8 Å². The topological polar surface area (TPSA) is 107 Å². The van der Waals surface area contributed by atoms with Crippen LogP contribution in [0.1, 0.15) is 56.8 Å². The Morgan fingerprint density at radius 1 is 1.37 bits per heavy atom. The van der Waals surface area contributed by atoms with E-state index < -0.39 is 5.91 Å². The molecule has 1 aromatic heterocycles. The van der Waals surface area contributed by atoms with Crippen LogP contribution in [0.5, 0.6) is 5.88 Å². The number of carbonyl (C=O) groups is 2. The largest absolute Gasteiger partial charge is 0.474 e. The first kappa shape index (κ1) is 20.7. The Bertz CT molecular complexity index is 864. The van der Waals surface area contributed by atoms with Crippen LogP contribution in [0.3, 0.4) is 0 Å². The number of rotatable bonds is 6. The van der Waals surface area contributed by atoms with Gasteiger partial charge in [0, 0.05) is 12.2 Å². The number of carbonyl (C=O) groups excluding carboxylic acids is 2. The van der Waals surface area contributed by atoms with Gasteiger partial charge in [0.05, 0.1) is 12.2 Å². The molecular formula is C22H30N4O4. The van der Waals surface area contributed by atoms with Crippen molar-refractivity contribution < 1.29 is 19.1 Å². The molecule has 2 amide bonds. The van der Waals surface area contributed by atoms with Gasteiger partial charge in [0.1, 0.15) is 23.5 Å². The van der Waals surface area contributed by atoms with Crippen molar-refractivity contribution in [3.63, 3.8) is 0 Å². The van der Waals surface area contributed by atoms with Gasteiger partial charge in [-0.05, 0) is 64.0 Å². The van der Waals surface area contributed by atoms with E-state index in [0.29, 0.717) is 23.9 Å². The van der Waals surface area contributed by atoms with E-state index in [-0.39, 0.29) is 35.1 Å². The second-order valence-corrected chi connectivity index (χ2v) is 9.71. The zero-order valence-corrected chi connectivity index (χ0v) is 17.8. The van der Waals surface area contributed by atoms with Crippen molar-refractivity contribution in [1.82, 2.24) is 15.2 Å². The highest BCUT2D eigenvalue weighted by Crippen LogP contribution is 2.58. The molecular weight excluding hydrogens is 384 g/mol. The Morgan fingerprint density at radius 3 is 2.70 bits per heavy atom. The number of nitrogens with zero attached hydrogens (tertiary/aromatic N) is 2. The monoisotopic (exact) mass is 414 g/mol. The van der Waals surface area contributed by atoms with Crippen molar-refractivity contribution in [3.8, 4) is 5.88 Å². The first-order valence-corrected chi connectivity index (χ1v) is 10.4. The molecule has 0 radical (unpaired) electrons. The fourth-order valence-corrected chi connectivity index (χ4v) is 4.76. The molecule has 0 aromatic carbocycles. The van der Waals surface area contributed by atoms with Crippen molar-refractivity contribution >= 4 is 11.8 Å². The first-order chi connectivity index (χ1) is 14.1. The molecule has 2 saturated carbocycles. The Morgan fingerprint density at radius 2 is 2.07 bits per heavy atom. The number of hydrogen-bond acceptors (Lipinski definition) is 6. The third-order valence-electron chi connectivity index (χ3n) is 6.19. The second-order valence-electron chi connectivity index (χ2n) is 9.71. The maximum atomic E-state index is 12.8. The van der Waals surface area contributed by atoms with E-state index in [9.17, 15) is 9.59 Å². The Kier molecular flexibility index (Phi) is 5.00. The predicted molar refractivity (Wildman–Crippen MR) is 110 cm³/mol. The number of pyridine rings is 1. The van der Waals surface area contributed by atoms with E-state index in [1.807, 2.05) is 20.8 Å². The maximum absolute atomic E-state index is 12.8. The van der Waals surface area contributed by atoms with Gasteiger partial charge in [0.2, 0.25) is 5.88 Å². The van der Waals surface area contributed by atoms with Gasteiger partial charge in [-0.1, -0.05) is 6.58 Å². The second kappa shape index (κ2) is 7.27. The lowest BCUT2D eigenvalue weighted by Crippen LogP contribution is -2.59. The van der Waals surface area contributed by atoms with Crippen LogP contribution in [-0.2, 0) is 9.53 Å². The van der Waals surface area contributed by atoms with Crippen molar-refractivity contribution in [2.45, 2.75) is 70.2 Å². The molecule has 8 nitrogen and oxygen atoms in total. The molecule has 2 heterocycles. The molecule has 162 valence electrons. The van der Waals surface area contributed by atoms with Crippen LogP contribution in [0.15, 0.2) is 30.7 Å². The fraction of sp³-hybridized carbons (Fsp3) is 0.591. The molecule has 30 heavy (non-hydrogen) atoms. The quantitative estimate of drug-likeness (QED) is 0.737. The van der Waals surface area contributed by atoms with Gasteiger partial charge in [0.25, 0.3) is 11.8 Å². The third-order valence-corrected chi connectivity index (χ3v) is 6.19. The van der Waals surface area contributed by atoms with Gasteiger partial charge >= 0.3 is 0 Å². The lowest BCUT2D eigenvalue weighted by Gasteiger charge is -2.58. The van der Waals surface area contributed by atoms with Gasteiger partial charge in [0.15, 0.2) is 0 Å². The van der Waals surface area contributed by atoms with Crippen molar-refractivity contribution in [3.05, 3.63) is 36.3 Å². The van der Waals surface area contributed by atoms with Crippen molar-refractivity contribution in [1.29, 1.82) is 0 Å². The van der Waals surface area contributed by atoms with Gasteiger partial charge in [-0.3, -0.25) is 14.5 Å². The van der Waals surface area contributed by atoms with Crippen molar-refractivity contribution in [2.24, 2.45) is 11.1 Å². The summed E-state index contributed by atoms with van der Waals surface area (Å²) in [7, 11) is 0. The summed E-state index contributed by atoms with van der Waals surface area (Å²) in [4.78, 5) is 30.3. The lowest BCUT2D eigenvalue weighted by molar-refractivity contribution is -0.144. The summed E-state index contributed by atoms with van der Waals surface area (Å²) >= 11 is 0. The summed E-state index contributed by atoms with van der Waals surface area (Å²) in [5.74, 6) is 0.457. The molecule has 1 atom stereocenters. The van der Waals surface area contributed by atoms with Gasteiger partial charge in [-0.2, -0.15) is 0 Å². The summed E-state index contributed by atoms with van der Waals surface area (Å²) in [6.07, 6.45) is 5.23. The van der Waals surface area contributed by atoms with Crippen LogP contribution in [-0.4, -0.2) is 52.1 Å². The molecule has 4 rings (SSSR count). The number of amides is 2. The molecule has 1 spiro atoms. The van der Waals surface area contributed by atoms with E-state index in [2.05, 4.69) is 16.9 Å². The average Bonchev–Trinajstić information content (AvgIpc) is 2.87. The van der Waals surface area contributed by atoms with Gasteiger partial charge < -0.3 is 20.5 Å². The number of nitrogens with one attached hydrogen (secondary N) is 1. The molecule has 1 saturated heterocycles. The molecule has 1 aliphatic heterocycles. The highest BCUT2D eigenvalue weighted by molar-refractivity contribution is 5.94. The third kappa shape index (κ3) is 3.88.